The summed E-state index contributed by atoms with van der Waals surface area (Å²) in [4.78, 5) is 16.2. The first-order chi connectivity index (χ1) is 9.06. The molecule has 2 aromatic heterocycles. The van der Waals surface area contributed by atoms with Gasteiger partial charge < -0.3 is 4.74 Å². The van der Waals surface area contributed by atoms with Crippen LogP contribution in [0.4, 0.5) is 0 Å². The van der Waals surface area contributed by atoms with Crippen LogP contribution in [-0.4, -0.2) is 27.2 Å². The molecule has 0 atom stereocenters. The Morgan fingerprint density at radius 3 is 2.68 bits per heavy atom. The average molecular weight is 261 g/mol. The number of nitrogens with zero attached hydrogens (tertiary/aromatic N) is 3. The fourth-order valence-corrected chi connectivity index (χ4v) is 1.94. The van der Waals surface area contributed by atoms with Crippen molar-refractivity contribution in [3.8, 4) is 0 Å². The summed E-state index contributed by atoms with van der Waals surface area (Å²) in [5.41, 5.74) is 2.98. The molecule has 102 valence electrons. The van der Waals surface area contributed by atoms with Gasteiger partial charge in [-0.1, -0.05) is 20.8 Å². The van der Waals surface area contributed by atoms with Crippen molar-refractivity contribution < 1.29 is 9.53 Å². The van der Waals surface area contributed by atoms with Gasteiger partial charge in [-0.2, -0.15) is 5.10 Å². The van der Waals surface area contributed by atoms with Gasteiger partial charge in [-0.05, 0) is 25.3 Å². The van der Waals surface area contributed by atoms with Crippen LogP contribution < -0.4 is 0 Å². The molecule has 0 saturated heterocycles. The van der Waals surface area contributed by atoms with Crippen molar-refractivity contribution in [3.05, 3.63) is 29.2 Å². The third kappa shape index (κ3) is 2.59. The van der Waals surface area contributed by atoms with Gasteiger partial charge in [0, 0.05) is 11.8 Å². The summed E-state index contributed by atoms with van der Waals surface area (Å²) in [6.07, 6.45) is 0.843. The molecule has 2 rings (SSSR count). The number of esters is 1. The van der Waals surface area contributed by atoms with Gasteiger partial charge in [-0.15, -0.1) is 0 Å². The molecule has 0 unspecified atom stereocenters. The molecule has 0 radical (unpaired) electrons. The van der Waals surface area contributed by atoms with Crippen molar-refractivity contribution in [3.63, 3.8) is 0 Å². The highest BCUT2D eigenvalue weighted by atomic mass is 16.5. The van der Waals surface area contributed by atoms with E-state index in [9.17, 15) is 4.79 Å². The quantitative estimate of drug-likeness (QED) is 0.794. The maximum Gasteiger partial charge on any atom is 0.357 e. The number of aryl methyl sites for hydroxylation is 1. The summed E-state index contributed by atoms with van der Waals surface area (Å²) in [6.45, 7) is 8.31. The number of ether oxygens (including phenoxy) is 1. The van der Waals surface area contributed by atoms with Crippen LogP contribution in [-0.2, 0) is 11.2 Å². The number of carbonyl (C=O) groups excluding carboxylic acids is 1. The minimum Gasteiger partial charge on any atom is -0.461 e. The predicted octanol–water partition coefficient (Wildman–Crippen LogP) is 2.59. The van der Waals surface area contributed by atoms with E-state index in [0.717, 1.165) is 17.8 Å². The molecule has 5 nitrogen and oxygen atoms in total. The number of rotatable bonds is 4. The zero-order chi connectivity index (χ0) is 14.0. The van der Waals surface area contributed by atoms with Gasteiger partial charge in [-0.25, -0.2) is 14.3 Å². The lowest BCUT2D eigenvalue weighted by Crippen LogP contribution is -2.11. The molecule has 0 aliphatic carbocycles. The van der Waals surface area contributed by atoms with Crippen LogP contribution in [0.15, 0.2) is 12.1 Å². The Morgan fingerprint density at radius 2 is 2.11 bits per heavy atom. The van der Waals surface area contributed by atoms with E-state index in [1.807, 2.05) is 17.5 Å². The van der Waals surface area contributed by atoms with E-state index in [1.54, 1.807) is 13.0 Å². The van der Waals surface area contributed by atoms with Crippen LogP contribution in [0, 0.1) is 0 Å². The highest BCUT2D eigenvalue weighted by molar-refractivity contribution is 5.88. The Morgan fingerprint density at radius 1 is 1.37 bits per heavy atom. The topological polar surface area (TPSA) is 56.5 Å². The zero-order valence-corrected chi connectivity index (χ0v) is 11.8. The Labute approximate surface area is 112 Å². The first-order valence-electron chi connectivity index (χ1n) is 6.63. The van der Waals surface area contributed by atoms with Crippen molar-refractivity contribution in [2.75, 3.05) is 6.61 Å². The number of fused-ring (bicyclic) bond motifs is 1. The van der Waals surface area contributed by atoms with Crippen molar-refractivity contribution >= 4 is 11.6 Å². The van der Waals surface area contributed by atoms with E-state index in [-0.39, 0.29) is 11.9 Å². The van der Waals surface area contributed by atoms with Crippen molar-refractivity contribution in [2.45, 2.75) is 40.0 Å². The smallest absolute Gasteiger partial charge is 0.357 e. The van der Waals surface area contributed by atoms with E-state index >= 15 is 0 Å². The van der Waals surface area contributed by atoms with Crippen LogP contribution >= 0.6 is 0 Å². The second-order valence-corrected chi connectivity index (χ2v) is 4.70. The predicted molar refractivity (Wildman–Crippen MR) is 72.4 cm³/mol. The molecule has 0 aliphatic heterocycles. The van der Waals surface area contributed by atoms with Gasteiger partial charge in [0.1, 0.15) is 0 Å². The van der Waals surface area contributed by atoms with Gasteiger partial charge in [0.15, 0.2) is 11.3 Å². The molecule has 0 fully saturated rings. The van der Waals surface area contributed by atoms with E-state index in [4.69, 9.17) is 4.74 Å². The van der Waals surface area contributed by atoms with Crippen molar-refractivity contribution in [1.82, 2.24) is 14.6 Å². The van der Waals surface area contributed by atoms with Crippen LogP contribution in [0.1, 0.15) is 55.5 Å². The molecule has 0 saturated carbocycles. The minimum atomic E-state index is -0.383. The first-order valence-corrected chi connectivity index (χ1v) is 6.63. The van der Waals surface area contributed by atoms with Gasteiger partial charge in [-0.3, -0.25) is 0 Å². The van der Waals surface area contributed by atoms with Crippen molar-refractivity contribution in [2.24, 2.45) is 0 Å². The summed E-state index contributed by atoms with van der Waals surface area (Å²) in [5.74, 6) is -0.130. The lowest BCUT2D eigenvalue weighted by molar-refractivity contribution is 0.0519. The monoisotopic (exact) mass is 261 g/mol. The van der Waals surface area contributed by atoms with Crippen LogP contribution in [0.5, 0.6) is 0 Å². The summed E-state index contributed by atoms with van der Waals surface area (Å²) in [6, 6.07) is 3.68. The van der Waals surface area contributed by atoms with E-state index in [1.165, 1.54) is 0 Å². The Bertz CT molecular complexity index is 602. The molecule has 0 spiro atoms. The lowest BCUT2D eigenvalue weighted by Gasteiger charge is -2.10. The van der Waals surface area contributed by atoms with Crippen LogP contribution in [0.3, 0.4) is 0 Å². The molecule has 0 N–H and O–H groups in total. The second kappa shape index (κ2) is 5.38. The number of hydrogen-bond acceptors (Lipinski definition) is 4. The van der Waals surface area contributed by atoms with Gasteiger partial charge in [0.05, 0.1) is 12.3 Å². The zero-order valence-electron chi connectivity index (χ0n) is 11.8. The normalized spacial score (nSPS) is 11.2. The van der Waals surface area contributed by atoms with Crippen molar-refractivity contribution in [1.29, 1.82) is 0 Å². The standard InChI is InChI=1S/C14H19N3O2/c1-5-10-7-13-15-11(14(18)19-6-2)8-12(9(3)4)17(13)16-10/h7-9H,5-6H2,1-4H3. The Hall–Kier alpha value is -1.91. The van der Waals surface area contributed by atoms with E-state index in [0.29, 0.717) is 17.9 Å². The van der Waals surface area contributed by atoms with Gasteiger partial charge in [0.2, 0.25) is 0 Å². The maximum absolute atomic E-state index is 11.8. The van der Waals surface area contributed by atoms with Gasteiger partial charge in [0.25, 0.3) is 0 Å². The summed E-state index contributed by atoms with van der Waals surface area (Å²) in [7, 11) is 0. The molecular weight excluding hydrogens is 242 g/mol. The highest BCUT2D eigenvalue weighted by Crippen LogP contribution is 2.18. The molecule has 19 heavy (non-hydrogen) atoms. The molecule has 0 aromatic carbocycles. The molecular formula is C14H19N3O2. The minimum absolute atomic E-state index is 0.253. The SMILES string of the molecule is CCOC(=O)c1cc(C(C)C)n2nc(CC)cc2n1. The lowest BCUT2D eigenvalue weighted by atomic mass is 10.1. The van der Waals surface area contributed by atoms with E-state index in [2.05, 4.69) is 23.9 Å². The highest BCUT2D eigenvalue weighted by Gasteiger charge is 2.16. The number of carbonyl (C=O) groups is 1. The third-order valence-corrected chi connectivity index (χ3v) is 2.94. The van der Waals surface area contributed by atoms with E-state index < -0.39 is 0 Å². The average Bonchev–Trinajstić information content (AvgIpc) is 2.80. The van der Waals surface area contributed by atoms with Crippen LogP contribution in [0.2, 0.25) is 0 Å². The molecule has 5 heteroatoms. The largest absolute Gasteiger partial charge is 0.461 e. The Kier molecular flexibility index (Phi) is 3.83. The summed E-state index contributed by atoms with van der Waals surface area (Å²) >= 11 is 0. The fraction of sp³-hybridized carbons (Fsp3) is 0.500. The Balaban J connectivity index is 2.59. The molecule has 0 amide bonds. The maximum atomic E-state index is 11.8. The summed E-state index contributed by atoms with van der Waals surface area (Å²) in [5, 5.41) is 4.50. The summed E-state index contributed by atoms with van der Waals surface area (Å²) < 4.78 is 6.83. The molecule has 0 aliphatic rings. The number of hydrogen-bond donors (Lipinski definition) is 0. The molecule has 2 heterocycles. The number of aromatic nitrogens is 3. The van der Waals surface area contributed by atoms with Gasteiger partial charge >= 0.3 is 5.97 Å². The molecule has 0 bridgehead atoms. The first kappa shape index (κ1) is 13.5. The fourth-order valence-electron chi connectivity index (χ4n) is 1.94. The third-order valence-electron chi connectivity index (χ3n) is 2.94. The molecule has 2 aromatic rings. The second-order valence-electron chi connectivity index (χ2n) is 4.70. The van der Waals surface area contributed by atoms with Crippen LogP contribution in [0.25, 0.3) is 5.65 Å².